The van der Waals surface area contributed by atoms with Gasteiger partial charge in [0, 0.05) is 51.0 Å². The Kier molecular flexibility index (Phi) is 10.0. The summed E-state index contributed by atoms with van der Waals surface area (Å²) in [6.07, 6.45) is 0. The van der Waals surface area contributed by atoms with E-state index >= 15 is 0 Å². The normalized spacial score (nSPS) is 18.8. The number of halogens is 1. The molecule has 0 radical (unpaired) electrons. The average Bonchev–Trinajstić information content (AvgIpc) is 2.62. The molecule has 0 amide bonds. The van der Waals surface area contributed by atoms with Crippen LogP contribution in [0.4, 0.5) is 5.69 Å². The van der Waals surface area contributed by atoms with Crippen LogP contribution >= 0.6 is 24.0 Å². The zero-order chi connectivity index (χ0) is 18.2. The highest BCUT2D eigenvalue weighted by atomic mass is 127. The van der Waals surface area contributed by atoms with Crippen molar-refractivity contribution in [3.63, 3.8) is 0 Å². The largest absolute Gasteiger partial charge is 0.493 e. The maximum Gasteiger partial charge on any atom is 0.195 e. The number of ether oxygens (including phenoxy) is 2. The molecular formula is C18H32IN5O2. The van der Waals surface area contributed by atoms with E-state index in [4.69, 9.17) is 9.47 Å². The van der Waals surface area contributed by atoms with Crippen LogP contribution in [-0.4, -0.2) is 82.8 Å². The molecule has 1 aromatic rings. The van der Waals surface area contributed by atoms with E-state index in [1.807, 2.05) is 25.1 Å². The molecule has 1 fully saturated rings. The monoisotopic (exact) mass is 477 g/mol. The first kappa shape index (κ1) is 22.8. The highest BCUT2D eigenvalue weighted by Crippen LogP contribution is 2.30. The van der Waals surface area contributed by atoms with Gasteiger partial charge in [0.15, 0.2) is 17.5 Å². The van der Waals surface area contributed by atoms with E-state index < -0.39 is 0 Å². The Morgan fingerprint density at radius 3 is 2.69 bits per heavy atom. The SMILES string of the molecule is CCOc1ccc(NC(=NC)NCC2CN(C)CCN2C)cc1OC.I. The van der Waals surface area contributed by atoms with Gasteiger partial charge in [0.05, 0.1) is 13.7 Å². The van der Waals surface area contributed by atoms with Crippen molar-refractivity contribution in [2.45, 2.75) is 13.0 Å². The van der Waals surface area contributed by atoms with Crippen LogP contribution < -0.4 is 20.1 Å². The van der Waals surface area contributed by atoms with E-state index in [2.05, 4.69) is 39.5 Å². The standard InChI is InChI=1S/C18H31N5O2.HI/c1-6-25-16-8-7-14(11-17(16)24-5)21-18(19-2)20-12-15-13-22(3)9-10-23(15)4;/h7-8,11,15H,6,9-10,12-13H2,1-5H3,(H2,19,20,21);1H. The van der Waals surface area contributed by atoms with Gasteiger partial charge in [-0.05, 0) is 33.2 Å². The number of methoxy groups -OCH3 is 1. The number of piperazine rings is 1. The van der Waals surface area contributed by atoms with Crippen molar-refractivity contribution in [1.82, 2.24) is 15.1 Å². The number of likely N-dealkylation sites (N-methyl/N-ethyl adjacent to an activating group) is 2. The zero-order valence-electron chi connectivity index (χ0n) is 16.4. The Morgan fingerprint density at radius 1 is 1.27 bits per heavy atom. The summed E-state index contributed by atoms with van der Waals surface area (Å²) >= 11 is 0. The van der Waals surface area contributed by atoms with Gasteiger partial charge < -0.3 is 25.0 Å². The number of rotatable bonds is 6. The van der Waals surface area contributed by atoms with Gasteiger partial charge in [0.2, 0.25) is 0 Å². The van der Waals surface area contributed by atoms with Gasteiger partial charge in [-0.15, -0.1) is 24.0 Å². The van der Waals surface area contributed by atoms with Crippen molar-refractivity contribution in [2.24, 2.45) is 4.99 Å². The number of anilines is 1. The lowest BCUT2D eigenvalue weighted by molar-refractivity contribution is 0.116. The van der Waals surface area contributed by atoms with Gasteiger partial charge in [-0.25, -0.2) is 0 Å². The van der Waals surface area contributed by atoms with Gasteiger partial charge in [-0.3, -0.25) is 9.89 Å². The highest BCUT2D eigenvalue weighted by molar-refractivity contribution is 14.0. The summed E-state index contributed by atoms with van der Waals surface area (Å²) in [5, 5.41) is 6.72. The van der Waals surface area contributed by atoms with Crippen LogP contribution in [0.1, 0.15) is 6.92 Å². The second kappa shape index (κ2) is 11.5. The number of aliphatic imine (C=N–C) groups is 1. The number of nitrogens with zero attached hydrogens (tertiary/aromatic N) is 3. The number of guanidine groups is 1. The summed E-state index contributed by atoms with van der Waals surface area (Å²) in [4.78, 5) is 9.07. The van der Waals surface area contributed by atoms with Crippen LogP contribution in [0.3, 0.4) is 0 Å². The molecule has 2 rings (SSSR count). The predicted molar refractivity (Wildman–Crippen MR) is 118 cm³/mol. The molecule has 0 aliphatic carbocycles. The van der Waals surface area contributed by atoms with Crippen molar-refractivity contribution in [3.05, 3.63) is 18.2 Å². The zero-order valence-corrected chi connectivity index (χ0v) is 18.7. The quantitative estimate of drug-likeness (QED) is 0.371. The average molecular weight is 477 g/mol. The molecule has 1 aliphatic heterocycles. The molecule has 1 saturated heterocycles. The van der Waals surface area contributed by atoms with Crippen molar-refractivity contribution in [1.29, 1.82) is 0 Å². The van der Waals surface area contributed by atoms with Crippen LogP contribution in [-0.2, 0) is 0 Å². The maximum absolute atomic E-state index is 5.55. The minimum Gasteiger partial charge on any atom is -0.493 e. The highest BCUT2D eigenvalue weighted by Gasteiger charge is 2.22. The van der Waals surface area contributed by atoms with Gasteiger partial charge in [-0.2, -0.15) is 0 Å². The molecule has 7 nitrogen and oxygen atoms in total. The third-order valence-corrected chi connectivity index (χ3v) is 4.44. The van der Waals surface area contributed by atoms with Gasteiger partial charge in [-0.1, -0.05) is 0 Å². The first-order valence-corrected chi connectivity index (χ1v) is 8.74. The Bertz CT molecular complexity index is 585. The summed E-state index contributed by atoms with van der Waals surface area (Å²) in [6.45, 7) is 6.66. The van der Waals surface area contributed by atoms with Crippen molar-refractivity contribution < 1.29 is 9.47 Å². The van der Waals surface area contributed by atoms with Crippen LogP contribution in [0.25, 0.3) is 0 Å². The molecule has 26 heavy (non-hydrogen) atoms. The van der Waals surface area contributed by atoms with E-state index in [-0.39, 0.29) is 24.0 Å². The van der Waals surface area contributed by atoms with Crippen molar-refractivity contribution in [2.75, 3.05) is 66.4 Å². The second-order valence-electron chi connectivity index (χ2n) is 6.27. The predicted octanol–water partition coefficient (Wildman–Crippen LogP) is 1.94. The minimum atomic E-state index is 0. The fourth-order valence-corrected chi connectivity index (χ4v) is 2.87. The van der Waals surface area contributed by atoms with E-state index in [0.29, 0.717) is 18.4 Å². The van der Waals surface area contributed by atoms with Crippen LogP contribution in [0, 0.1) is 0 Å². The topological polar surface area (TPSA) is 61.4 Å². The molecule has 1 aliphatic rings. The molecule has 1 unspecified atom stereocenters. The third kappa shape index (κ3) is 6.48. The van der Waals surface area contributed by atoms with Gasteiger partial charge in [0.1, 0.15) is 0 Å². The van der Waals surface area contributed by atoms with Crippen molar-refractivity contribution >= 4 is 35.6 Å². The molecule has 1 atom stereocenters. The lowest BCUT2D eigenvalue weighted by atomic mass is 10.2. The van der Waals surface area contributed by atoms with Crippen LogP contribution in [0.15, 0.2) is 23.2 Å². The molecule has 148 valence electrons. The second-order valence-corrected chi connectivity index (χ2v) is 6.27. The molecule has 0 saturated carbocycles. The van der Waals surface area contributed by atoms with E-state index in [1.165, 1.54) is 0 Å². The molecule has 2 N–H and O–H groups in total. The molecular weight excluding hydrogens is 445 g/mol. The fourth-order valence-electron chi connectivity index (χ4n) is 2.87. The maximum atomic E-state index is 5.55. The van der Waals surface area contributed by atoms with Crippen molar-refractivity contribution in [3.8, 4) is 11.5 Å². The fraction of sp³-hybridized carbons (Fsp3) is 0.611. The number of nitrogens with one attached hydrogen (secondary N) is 2. The molecule has 0 aromatic heterocycles. The number of hydrogen-bond acceptors (Lipinski definition) is 5. The van der Waals surface area contributed by atoms with E-state index in [9.17, 15) is 0 Å². The van der Waals surface area contributed by atoms with Crippen LogP contribution in [0.5, 0.6) is 11.5 Å². The summed E-state index contributed by atoms with van der Waals surface area (Å²) in [7, 11) is 7.76. The van der Waals surface area contributed by atoms with Gasteiger partial charge in [0.25, 0.3) is 0 Å². The molecule has 1 heterocycles. The molecule has 1 aromatic carbocycles. The Balaban J connectivity index is 0.00000338. The van der Waals surface area contributed by atoms with E-state index in [0.717, 1.165) is 43.6 Å². The summed E-state index contributed by atoms with van der Waals surface area (Å²) < 4.78 is 11.0. The van der Waals surface area contributed by atoms with E-state index in [1.54, 1.807) is 14.2 Å². The smallest absolute Gasteiger partial charge is 0.195 e. The summed E-state index contributed by atoms with van der Waals surface area (Å²) in [5.41, 5.74) is 0.905. The van der Waals surface area contributed by atoms with Crippen LogP contribution in [0.2, 0.25) is 0 Å². The Hall–Kier alpha value is -1.26. The summed E-state index contributed by atoms with van der Waals surface area (Å²) in [5.74, 6) is 2.19. The molecule has 8 heteroatoms. The minimum absolute atomic E-state index is 0. The Morgan fingerprint density at radius 2 is 2.04 bits per heavy atom. The molecule has 0 spiro atoms. The first-order chi connectivity index (χ1) is 12.1. The number of hydrogen-bond donors (Lipinski definition) is 2. The third-order valence-electron chi connectivity index (χ3n) is 4.44. The Labute approximate surface area is 174 Å². The number of benzene rings is 1. The summed E-state index contributed by atoms with van der Waals surface area (Å²) in [6, 6.07) is 6.24. The lowest BCUT2D eigenvalue weighted by Gasteiger charge is -2.37. The first-order valence-electron chi connectivity index (χ1n) is 8.74. The lowest BCUT2D eigenvalue weighted by Crippen LogP contribution is -2.54. The van der Waals surface area contributed by atoms with Gasteiger partial charge >= 0.3 is 0 Å². The molecule has 0 bridgehead atoms.